The summed E-state index contributed by atoms with van der Waals surface area (Å²) in [5.74, 6) is -3.14. The second kappa shape index (κ2) is 11.1. The van der Waals surface area contributed by atoms with Crippen molar-refractivity contribution in [1.29, 1.82) is 0 Å². The van der Waals surface area contributed by atoms with E-state index in [4.69, 9.17) is 10.8 Å². The van der Waals surface area contributed by atoms with Gasteiger partial charge < -0.3 is 36.4 Å². The van der Waals surface area contributed by atoms with E-state index in [9.17, 15) is 29.1 Å². The van der Waals surface area contributed by atoms with Gasteiger partial charge in [0.1, 0.15) is 11.7 Å². The molecule has 14 nitrogen and oxygen atoms in total. The van der Waals surface area contributed by atoms with Crippen molar-refractivity contribution in [2.45, 2.75) is 24.9 Å². The molecule has 3 heterocycles. The predicted octanol–water partition coefficient (Wildman–Crippen LogP) is -1.33. The number of aromatic nitrogens is 2. The van der Waals surface area contributed by atoms with Crippen LogP contribution in [-0.2, 0) is 14.4 Å². The Balaban J connectivity index is 0.00000361. The minimum Gasteiger partial charge on any atom is -0.481 e. The first kappa shape index (κ1) is 27.2. The number of hydrogen-bond acceptors (Lipinski definition) is 9. The number of anilines is 4. The fraction of sp³-hybridized carbons (Fsp3) is 0.333. The molecule has 2 radical (unpaired) electrons. The molecule has 1 aromatic heterocycles. The standard InChI is InChI=1S/C21H23N7O7.Ca/c22-21-25-17-16(19(33)26-21)28-9-14(29)27(8-12(28)7-23-17)11-3-1-10(2-4-11)18(32)24-13(20(34)35)5-6-15(30)31;/h1-4,12-13H,5-9H2,(H,24,32)(H,30,31)(H,34,35)(H4,22,23,25,26,33);/t12?,13-;/m0./s1. The maximum absolute atomic E-state index is 12.9. The molecule has 2 aromatic rings. The molecule has 186 valence electrons. The number of benzene rings is 1. The number of nitrogens with zero attached hydrogens (tertiary/aromatic N) is 3. The van der Waals surface area contributed by atoms with E-state index in [1.165, 1.54) is 12.1 Å². The maximum atomic E-state index is 12.9. The summed E-state index contributed by atoms with van der Waals surface area (Å²) in [7, 11) is 0. The third kappa shape index (κ3) is 5.71. The Morgan fingerprint density at radius 1 is 1.19 bits per heavy atom. The van der Waals surface area contributed by atoms with Crippen LogP contribution in [-0.4, -0.2) is 113 Å². The van der Waals surface area contributed by atoms with Crippen molar-refractivity contribution in [3.05, 3.63) is 40.2 Å². The Kier molecular flexibility index (Phi) is 8.43. The number of fused-ring (bicyclic) bond motifs is 3. The van der Waals surface area contributed by atoms with Crippen molar-refractivity contribution in [2.75, 3.05) is 40.5 Å². The molecular weight excluding hydrogens is 502 g/mol. The van der Waals surface area contributed by atoms with Crippen LogP contribution < -0.4 is 31.7 Å². The van der Waals surface area contributed by atoms with Gasteiger partial charge in [-0.05, 0) is 30.7 Å². The van der Waals surface area contributed by atoms with Crippen molar-refractivity contribution >= 4 is 84.6 Å². The number of amides is 2. The average Bonchev–Trinajstić information content (AvgIpc) is 2.80. The number of carboxylic acids is 2. The normalized spacial score (nSPS) is 17.1. The summed E-state index contributed by atoms with van der Waals surface area (Å²) in [6.45, 7) is 0.650. The molecule has 0 spiro atoms. The average molecular weight is 526 g/mol. The number of carboxylic acid groups (broad SMARTS) is 2. The summed E-state index contributed by atoms with van der Waals surface area (Å²) >= 11 is 0. The number of nitrogens with one attached hydrogen (secondary N) is 3. The van der Waals surface area contributed by atoms with Crippen LogP contribution in [0.1, 0.15) is 23.2 Å². The zero-order valence-corrected chi connectivity index (χ0v) is 21.3. The van der Waals surface area contributed by atoms with Gasteiger partial charge in [-0.3, -0.25) is 24.2 Å². The first-order valence-electron chi connectivity index (χ1n) is 10.7. The molecule has 0 aliphatic carbocycles. The van der Waals surface area contributed by atoms with E-state index >= 15 is 0 Å². The van der Waals surface area contributed by atoms with Crippen LogP contribution in [0.25, 0.3) is 0 Å². The number of nitrogen functional groups attached to an aromatic ring is 1. The molecule has 1 aromatic carbocycles. The van der Waals surface area contributed by atoms with Gasteiger partial charge in [-0.2, -0.15) is 4.98 Å². The van der Waals surface area contributed by atoms with Crippen LogP contribution in [0, 0.1) is 0 Å². The summed E-state index contributed by atoms with van der Waals surface area (Å²) < 4.78 is 0. The van der Waals surface area contributed by atoms with Gasteiger partial charge in [0, 0.05) is 68.5 Å². The fourth-order valence-electron chi connectivity index (χ4n) is 4.11. The van der Waals surface area contributed by atoms with Gasteiger partial charge in [0.25, 0.3) is 11.5 Å². The Morgan fingerprint density at radius 2 is 1.89 bits per heavy atom. The minimum atomic E-state index is -1.34. The number of rotatable bonds is 7. The van der Waals surface area contributed by atoms with Gasteiger partial charge in [-0.15, -0.1) is 0 Å². The number of nitrogens with two attached hydrogens (primary N) is 1. The first-order valence-corrected chi connectivity index (χ1v) is 10.7. The molecule has 1 fully saturated rings. The first-order chi connectivity index (χ1) is 16.6. The number of H-pyrrole nitrogens is 1. The van der Waals surface area contributed by atoms with Crippen molar-refractivity contribution in [3.63, 3.8) is 0 Å². The van der Waals surface area contributed by atoms with Gasteiger partial charge in [0.05, 0.1) is 12.6 Å². The summed E-state index contributed by atoms with van der Waals surface area (Å²) in [6, 6.07) is 4.48. The second-order valence-electron chi connectivity index (χ2n) is 8.16. The number of piperazine rings is 1. The monoisotopic (exact) mass is 525 g/mol. The Morgan fingerprint density at radius 3 is 2.53 bits per heavy atom. The second-order valence-corrected chi connectivity index (χ2v) is 8.16. The van der Waals surface area contributed by atoms with Crippen LogP contribution in [0.4, 0.5) is 23.1 Å². The van der Waals surface area contributed by atoms with E-state index < -0.39 is 35.9 Å². The van der Waals surface area contributed by atoms with Crippen LogP contribution >= 0.6 is 0 Å². The zero-order valence-electron chi connectivity index (χ0n) is 19.1. The number of aliphatic carboxylic acids is 2. The predicted molar refractivity (Wildman–Crippen MR) is 129 cm³/mol. The molecule has 0 bridgehead atoms. The van der Waals surface area contributed by atoms with Gasteiger partial charge >= 0.3 is 11.9 Å². The SMILES string of the molecule is Nc1nc2c(c(=O)[nH]1)N1CC(=O)N(c3ccc(C(=O)N[C@@H](CCC(=O)O)C(=O)O)cc3)CC1CN2.[Ca]. The van der Waals surface area contributed by atoms with E-state index in [1.807, 2.05) is 0 Å². The third-order valence-corrected chi connectivity index (χ3v) is 5.84. The van der Waals surface area contributed by atoms with E-state index in [2.05, 4.69) is 20.6 Å². The molecule has 7 N–H and O–H groups in total. The van der Waals surface area contributed by atoms with Gasteiger partial charge in [-0.1, -0.05) is 0 Å². The van der Waals surface area contributed by atoms with E-state index in [1.54, 1.807) is 21.9 Å². The topological polar surface area (TPSA) is 211 Å². The molecule has 2 amide bonds. The van der Waals surface area contributed by atoms with E-state index in [0.29, 0.717) is 18.1 Å². The minimum absolute atomic E-state index is 0. The number of hydrogen-bond donors (Lipinski definition) is 6. The summed E-state index contributed by atoms with van der Waals surface area (Å²) in [6.07, 6.45) is -0.656. The summed E-state index contributed by atoms with van der Waals surface area (Å²) in [4.78, 5) is 69.6. The smallest absolute Gasteiger partial charge is 0.326 e. The van der Waals surface area contributed by atoms with Crippen LogP contribution in [0.2, 0.25) is 0 Å². The van der Waals surface area contributed by atoms with Crippen LogP contribution in [0.15, 0.2) is 29.1 Å². The quantitative estimate of drug-likeness (QED) is 0.233. The van der Waals surface area contributed by atoms with Crippen molar-refractivity contribution in [3.8, 4) is 0 Å². The zero-order chi connectivity index (χ0) is 25.3. The molecule has 1 unspecified atom stereocenters. The summed E-state index contributed by atoms with van der Waals surface area (Å²) in [5.41, 5.74) is 6.10. The van der Waals surface area contributed by atoms with E-state index in [-0.39, 0.29) is 86.4 Å². The number of aromatic amines is 1. The number of carbonyl (C=O) groups is 4. The van der Waals surface area contributed by atoms with Crippen molar-refractivity contribution in [1.82, 2.24) is 15.3 Å². The molecular formula is C21H23CaN7O7. The maximum Gasteiger partial charge on any atom is 0.326 e. The van der Waals surface area contributed by atoms with Gasteiger partial charge in [0.15, 0.2) is 5.82 Å². The molecule has 1 saturated heterocycles. The molecule has 2 aliphatic heterocycles. The van der Waals surface area contributed by atoms with Gasteiger partial charge in [-0.25, -0.2) is 4.79 Å². The molecule has 2 aliphatic rings. The van der Waals surface area contributed by atoms with Crippen LogP contribution in [0.5, 0.6) is 0 Å². The fourth-order valence-corrected chi connectivity index (χ4v) is 4.11. The molecule has 36 heavy (non-hydrogen) atoms. The number of carbonyl (C=O) groups excluding carboxylic acids is 2. The molecule has 2 atom stereocenters. The Hall–Kier alpha value is -3.36. The van der Waals surface area contributed by atoms with E-state index in [0.717, 1.165) is 0 Å². The Bertz CT molecular complexity index is 1250. The molecule has 4 rings (SSSR count). The van der Waals surface area contributed by atoms with Crippen molar-refractivity contribution < 1.29 is 29.4 Å². The molecule has 0 saturated carbocycles. The Labute approximate surface area is 233 Å². The van der Waals surface area contributed by atoms with Gasteiger partial charge in [0.2, 0.25) is 11.9 Å². The summed E-state index contributed by atoms with van der Waals surface area (Å²) in [5, 5.41) is 23.3. The largest absolute Gasteiger partial charge is 0.481 e. The third-order valence-electron chi connectivity index (χ3n) is 5.84. The van der Waals surface area contributed by atoms with Crippen LogP contribution in [0.3, 0.4) is 0 Å². The van der Waals surface area contributed by atoms with Crippen molar-refractivity contribution in [2.24, 2.45) is 0 Å². The molecule has 15 heteroatoms.